The molecule has 0 saturated heterocycles. The van der Waals surface area contributed by atoms with E-state index < -0.39 is 11.5 Å². The summed E-state index contributed by atoms with van der Waals surface area (Å²) in [6, 6.07) is 0. The highest BCUT2D eigenvalue weighted by molar-refractivity contribution is 5.86. The van der Waals surface area contributed by atoms with Gasteiger partial charge in [0.1, 0.15) is 5.54 Å². The largest absolute Gasteiger partial charge is 0.480 e. The van der Waals surface area contributed by atoms with E-state index in [2.05, 4.69) is 5.32 Å². The molecule has 1 unspecified atom stereocenters. The second-order valence-corrected chi connectivity index (χ2v) is 5.19. The molecular formula is C12H21NO3. The fourth-order valence-electron chi connectivity index (χ4n) is 1.54. The molecule has 4 nitrogen and oxygen atoms in total. The standard InChI is InChI=1S/C12H21NO3/c1-8(2)12(3,11(15)16)13-10(14)7-6-9-4-5-9/h8-9H,4-7H2,1-3H3,(H,13,14)(H,15,16). The molecule has 0 aliphatic heterocycles. The Labute approximate surface area is 96.4 Å². The summed E-state index contributed by atoms with van der Waals surface area (Å²) in [5.74, 6) is -0.552. The van der Waals surface area contributed by atoms with Gasteiger partial charge in [0.05, 0.1) is 0 Å². The third-order valence-electron chi connectivity index (χ3n) is 3.47. The normalized spacial score (nSPS) is 19.2. The number of carbonyl (C=O) groups is 2. The Kier molecular flexibility index (Phi) is 3.94. The molecule has 0 spiro atoms. The molecule has 1 rings (SSSR count). The molecule has 1 aliphatic rings. The summed E-state index contributed by atoms with van der Waals surface area (Å²) < 4.78 is 0. The maximum Gasteiger partial charge on any atom is 0.329 e. The second kappa shape index (κ2) is 4.85. The number of rotatable bonds is 6. The predicted octanol–water partition coefficient (Wildman–Crippen LogP) is 1.79. The van der Waals surface area contributed by atoms with Gasteiger partial charge in [0.25, 0.3) is 0 Å². The van der Waals surface area contributed by atoms with Crippen molar-refractivity contribution in [3.8, 4) is 0 Å². The van der Waals surface area contributed by atoms with Gasteiger partial charge >= 0.3 is 5.97 Å². The van der Waals surface area contributed by atoms with Gasteiger partial charge in [-0.25, -0.2) is 4.79 Å². The second-order valence-electron chi connectivity index (χ2n) is 5.19. The van der Waals surface area contributed by atoms with Crippen molar-refractivity contribution in [2.75, 3.05) is 0 Å². The van der Waals surface area contributed by atoms with Crippen LogP contribution in [-0.4, -0.2) is 22.5 Å². The van der Waals surface area contributed by atoms with Crippen LogP contribution in [0.1, 0.15) is 46.5 Å². The number of amides is 1. The smallest absolute Gasteiger partial charge is 0.329 e. The molecule has 0 aromatic carbocycles. The SMILES string of the molecule is CC(C)C(C)(NC(=O)CCC1CC1)C(=O)O. The molecule has 1 atom stereocenters. The van der Waals surface area contributed by atoms with E-state index in [1.807, 2.05) is 0 Å². The molecule has 16 heavy (non-hydrogen) atoms. The maximum atomic E-state index is 11.6. The topological polar surface area (TPSA) is 66.4 Å². The van der Waals surface area contributed by atoms with Crippen molar-refractivity contribution >= 4 is 11.9 Å². The monoisotopic (exact) mass is 227 g/mol. The summed E-state index contributed by atoms with van der Waals surface area (Å²) in [5, 5.41) is 11.8. The van der Waals surface area contributed by atoms with Crippen molar-refractivity contribution < 1.29 is 14.7 Å². The lowest BCUT2D eigenvalue weighted by molar-refractivity contribution is -0.149. The Morgan fingerprint density at radius 3 is 2.38 bits per heavy atom. The van der Waals surface area contributed by atoms with Gasteiger partial charge in [0, 0.05) is 6.42 Å². The van der Waals surface area contributed by atoms with E-state index in [9.17, 15) is 9.59 Å². The molecular weight excluding hydrogens is 206 g/mol. The highest BCUT2D eigenvalue weighted by Gasteiger charge is 2.38. The summed E-state index contributed by atoms with van der Waals surface area (Å²) in [6.45, 7) is 5.17. The number of carboxylic acids is 1. The first-order valence-electron chi connectivity index (χ1n) is 5.90. The predicted molar refractivity (Wildman–Crippen MR) is 61.0 cm³/mol. The van der Waals surface area contributed by atoms with Crippen LogP contribution in [0.4, 0.5) is 0 Å². The van der Waals surface area contributed by atoms with Crippen LogP contribution in [0.25, 0.3) is 0 Å². The lowest BCUT2D eigenvalue weighted by atomic mass is 9.88. The number of hydrogen-bond acceptors (Lipinski definition) is 2. The van der Waals surface area contributed by atoms with Crippen molar-refractivity contribution in [3.63, 3.8) is 0 Å². The number of aliphatic carboxylic acids is 1. The van der Waals surface area contributed by atoms with E-state index in [0.717, 1.165) is 6.42 Å². The molecule has 1 saturated carbocycles. The van der Waals surface area contributed by atoms with Gasteiger partial charge in [0.15, 0.2) is 0 Å². The molecule has 92 valence electrons. The van der Waals surface area contributed by atoms with Gasteiger partial charge in [-0.3, -0.25) is 4.79 Å². The Morgan fingerprint density at radius 2 is 2.00 bits per heavy atom. The van der Waals surface area contributed by atoms with Crippen LogP contribution >= 0.6 is 0 Å². The van der Waals surface area contributed by atoms with E-state index in [4.69, 9.17) is 5.11 Å². The molecule has 0 bridgehead atoms. The zero-order chi connectivity index (χ0) is 12.3. The first kappa shape index (κ1) is 13.0. The first-order chi connectivity index (χ1) is 7.36. The van der Waals surface area contributed by atoms with Crippen LogP contribution < -0.4 is 5.32 Å². The summed E-state index contributed by atoms with van der Waals surface area (Å²) in [7, 11) is 0. The Bertz CT molecular complexity index is 284. The van der Waals surface area contributed by atoms with Gasteiger partial charge in [-0.1, -0.05) is 26.7 Å². The average molecular weight is 227 g/mol. The molecule has 2 N–H and O–H groups in total. The zero-order valence-electron chi connectivity index (χ0n) is 10.2. The van der Waals surface area contributed by atoms with Crippen LogP contribution in [0, 0.1) is 11.8 Å². The van der Waals surface area contributed by atoms with Gasteiger partial charge in [-0.05, 0) is 25.2 Å². The maximum absolute atomic E-state index is 11.6. The Morgan fingerprint density at radius 1 is 1.44 bits per heavy atom. The van der Waals surface area contributed by atoms with Crippen LogP contribution in [0.3, 0.4) is 0 Å². The van der Waals surface area contributed by atoms with E-state index in [1.165, 1.54) is 12.8 Å². The average Bonchev–Trinajstić information content (AvgIpc) is 2.97. The molecule has 1 amide bonds. The summed E-state index contributed by atoms with van der Waals surface area (Å²) in [4.78, 5) is 22.8. The van der Waals surface area contributed by atoms with Crippen LogP contribution in [0.15, 0.2) is 0 Å². The molecule has 0 radical (unpaired) electrons. The molecule has 0 aromatic heterocycles. The van der Waals surface area contributed by atoms with Crippen molar-refractivity contribution in [3.05, 3.63) is 0 Å². The van der Waals surface area contributed by atoms with E-state index in [-0.39, 0.29) is 11.8 Å². The Hall–Kier alpha value is -1.06. The van der Waals surface area contributed by atoms with Gasteiger partial charge in [-0.2, -0.15) is 0 Å². The highest BCUT2D eigenvalue weighted by Crippen LogP contribution is 2.33. The summed E-state index contributed by atoms with van der Waals surface area (Å²) >= 11 is 0. The summed E-state index contributed by atoms with van der Waals surface area (Å²) in [5.41, 5.74) is -1.15. The molecule has 0 aromatic rings. The van der Waals surface area contributed by atoms with Crippen LogP contribution in [0.5, 0.6) is 0 Å². The van der Waals surface area contributed by atoms with E-state index in [0.29, 0.717) is 12.3 Å². The minimum atomic E-state index is -1.15. The lowest BCUT2D eigenvalue weighted by Crippen LogP contribution is -2.55. The first-order valence-corrected chi connectivity index (χ1v) is 5.90. The minimum Gasteiger partial charge on any atom is -0.480 e. The fraction of sp³-hybridized carbons (Fsp3) is 0.833. The van der Waals surface area contributed by atoms with Gasteiger partial charge in [0.2, 0.25) is 5.91 Å². The van der Waals surface area contributed by atoms with Crippen LogP contribution in [-0.2, 0) is 9.59 Å². The quantitative estimate of drug-likeness (QED) is 0.727. The van der Waals surface area contributed by atoms with Crippen molar-refractivity contribution in [2.24, 2.45) is 11.8 Å². The summed E-state index contributed by atoms with van der Waals surface area (Å²) in [6.07, 6.45) is 3.77. The lowest BCUT2D eigenvalue weighted by Gasteiger charge is -2.30. The van der Waals surface area contributed by atoms with E-state index >= 15 is 0 Å². The minimum absolute atomic E-state index is 0.130. The van der Waals surface area contributed by atoms with Crippen molar-refractivity contribution in [1.29, 1.82) is 0 Å². The number of carbonyl (C=O) groups excluding carboxylic acids is 1. The highest BCUT2D eigenvalue weighted by atomic mass is 16.4. The fourth-order valence-corrected chi connectivity index (χ4v) is 1.54. The van der Waals surface area contributed by atoms with Gasteiger partial charge in [-0.15, -0.1) is 0 Å². The molecule has 4 heteroatoms. The zero-order valence-corrected chi connectivity index (χ0v) is 10.2. The third kappa shape index (κ3) is 3.22. The molecule has 1 aliphatic carbocycles. The Balaban J connectivity index is 2.46. The van der Waals surface area contributed by atoms with E-state index in [1.54, 1.807) is 20.8 Å². The van der Waals surface area contributed by atoms with Crippen molar-refractivity contribution in [2.45, 2.75) is 52.0 Å². The molecule has 0 heterocycles. The van der Waals surface area contributed by atoms with Crippen molar-refractivity contribution in [1.82, 2.24) is 5.32 Å². The van der Waals surface area contributed by atoms with Crippen LogP contribution in [0.2, 0.25) is 0 Å². The van der Waals surface area contributed by atoms with Gasteiger partial charge < -0.3 is 10.4 Å². The number of carboxylic acid groups (broad SMARTS) is 1. The number of hydrogen-bond donors (Lipinski definition) is 2. The molecule has 1 fully saturated rings. The number of nitrogens with one attached hydrogen (secondary N) is 1. The third-order valence-corrected chi connectivity index (χ3v) is 3.47.